The smallest absolute Gasteiger partial charge is 0.408 e. The van der Waals surface area contributed by atoms with Gasteiger partial charge in [0.15, 0.2) is 0 Å². The Hall–Kier alpha value is -4.39. The van der Waals surface area contributed by atoms with Crippen LogP contribution in [0.5, 0.6) is 11.6 Å². The zero-order chi connectivity index (χ0) is 33.8. The molecule has 47 heavy (non-hydrogen) atoms. The molecule has 2 N–H and O–H groups in total. The van der Waals surface area contributed by atoms with Crippen molar-refractivity contribution in [1.82, 2.24) is 20.5 Å². The Kier molecular flexibility index (Phi) is 10.2. The fraction of sp³-hybridized carbons (Fsp3) is 0.559. The van der Waals surface area contributed by atoms with Gasteiger partial charge < -0.3 is 39.2 Å². The van der Waals surface area contributed by atoms with Crippen LogP contribution in [-0.2, 0) is 28.6 Å². The number of alkyl carbamates (subject to hydrolysis) is 1. The minimum atomic E-state index is -1.25. The fourth-order valence-corrected chi connectivity index (χ4v) is 6.06. The lowest BCUT2D eigenvalue weighted by Gasteiger charge is -2.30. The van der Waals surface area contributed by atoms with Gasteiger partial charge in [0, 0.05) is 30.5 Å². The summed E-state index contributed by atoms with van der Waals surface area (Å²) in [4.78, 5) is 60.1. The number of amides is 3. The molecule has 1 saturated carbocycles. The van der Waals surface area contributed by atoms with Crippen LogP contribution >= 0.6 is 0 Å². The fourth-order valence-electron chi connectivity index (χ4n) is 6.06. The SMILES string of the molecule is CCOC(=O)[C@@]12C[C@H]1/C=C\COCCC[C@H](NC(=O)OC(C)(C)C)C(=O)N1C[C@H](Oc3nccc4cc(OC)ccc34)C[C@H]1C(=O)N2. The Labute approximate surface area is 274 Å². The number of carbonyl (C=O) groups excluding carboxylic acids is 4. The third-order valence-electron chi connectivity index (χ3n) is 8.42. The number of fused-ring (bicyclic) bond motifs is 3. The third kappa shape index (κ3) is 7.95. The number of nitrogens with one attached hydrogen (secondary N) is 2. The Bertz CT molecular complexity index is 1520. The van der Waals surface area contributed by atoms with Gasteiger partial charge in [-0.3, -0.25) is 9.59 Å². The number of benzene rings is 1. The van der Waals surface area contributed by atoms with Crippen molar-refractivity contribution in [1.29, 1.82) is 0 Å². The molecular weight excluding hydrogens is 608 g/mol. The lowest BCUT2D eigenvalue weighted by Crippen LogP contribution is -2.56. The van der Waals surface area contributed by atoms with Crippen LogP contribution in [0.25, 0.3) is 10.8 Å². The van der Waals surface area contributed by atoms with Gasteiger partial charge in [0.25, 0.3) is 0 Å². The summed E-state index contributed by atoms with van der Waals surface area (Å²) < 4.78 is 28.3. The predicted octanol–water partition coefficient (Wildman–Crippen LogP) is 3.29. The maximum absolute atomic E-state index is 14.2. The molecule has 3 heterocycles. The molecule has 1 aliphatic carbocycles. The van der Waals surface area contributed by atoms with E-state index in [9.17, 15) is 19.2 Å². The Balaban J connectivity index is 1.45. The number of nitrogens with zero attached hydrogens (tertiary/aromatic N) is 2. The predicted molar refractivity (Wildman–Crippen MR) is 171 cm³/mol. The Morgan fingerprint density at radius 1 is 1.21 bits per heavy atom. The highest BCUT2D eigenvalue weighted by molar-refractivity contribution is 5.96. The highest BCUT2D eigenvalue weighted by Gasteiger charge is 2.62. The van der Waals surface area contributed by atoms with E-state index in [2.05, 4.69) is 15.6 Å². The van der Waals surface area contributed by atoms with Crippen molar-refractivity contribution in [2.24, 2.45) is 5.92 Å². The van der Waals surface area contributed by atoms with Crippen LogP contribution in [0.2, 0.25) is 0 Å². The van der Waals surface area contributed by atoms with Gasteiger partial charge >= 0.3 is 12.1 Å². The first kappa shape index (κ1) is 34.0. The molecule has 0 unspecified atom stereocenters. The van der Waals surface area contributed by atoms with Crippen molar-refractivity contribution in [3.63, 3.8) is 0 Å². The number of hydrogen-bond donors (Lipinski definition) is 2. The molecule has 13 heteroatoms. The number of hydrogen-bond acceptors (Lipinski definition) is 10. The van der Waals surface area contributed by atoms with E-state index in [4.69, 9.17) is 23.7 Å². The molecule has 1 aromatic carbocycles. The largest absolute Gasteiger partial charge is 0.497 e. The van der Waals surface area contributed by atoms with E-state index >= 15 is 0 Å². The van der Waals surface area contributed by atoms with Crippen molar-refractivity contribution < 1.29 is 42.9 Å². The number of pyridine rings is 1. The number of carbonyl (C=O) groups is 4. The monoisotopic (exact) mass is 652 g/mol. The second-order valence-electron chi connectivity index (χ2n) is 13.0. The maximum Gasteiger partial charge on any atom is 0.408 e. The van der Waals surface area contributed by atoms with E-state index in [1.54, 1.807) is 47.1 Å². The highest BCUT2D eigenvalue weighted by atomic mass is 16.6. The van der Waals surface area contributed by atoms with E-state index < -0.39 is 53.2 Å². The van der Waals surface area contributed by atoms with Gasteiger partial charge in [-0.1, -0.05) is 12.2 Å². The van der Waals surface area contributed by atoms with Gasteiger partial charge in [-0.15, -0.1) is 0 Å². The summed E-state index contributed by atoms with van der Waals surface area (Å²) in [6.07, 6.45) is 5.14. The van der Waals surface area contributed by atoms with Crippen molar-refractivity contribution >= 4 is 34.6 Å². The number of esters is 1. The number of methoxy groups -OCH3 is 1. The third-order valence-corrected chi connectivity index (χ3v) is 8.42. The second-order valence-corrected chi connectivity index (χ2v) is 13.0. The summed E-state index contributed by atoms with van der Waals surface area (Å²) in [7, 11) is 1.59. The highest BCUT2D eigenvalue weighted by Crippen LogP contribution is 2.46. The molecule has 0 bridgehead atoms. The Morgan fingerprint density at radius 3 is 2.77 bits per heavy atom. The molecule has 254 valence electrons. The summed E-state index contributed by atoms with van der Waals surface area (Å²) in [6.45, 7) is 7.74. The first-order valence-corrected chi connectivity index (χ1v) is 16.1. The molecule has 3 aliphatic rings. The number of rotatable bonds is 6. The first-order valence-electron chi connectivity index (χ1n) is 16.1. The summed E-state index contributed by atoms with van der Waals surface area (Å²) in [5.41, 5.74) is -2.03. The minimum absolute atomic E-state index is 0.0455. The number of aromatic nitrogens is 1. The topological polar surface area (TPSA) is 155 Å². The Morgan fingerprint density at radius 2 is 2.02 bits per heavy atom. The van der Waals surface area contributed by atoms with Crippen LogP contribution < -0.4 is 20.1 Å². The lowest BCUT2D eigenvalue weighted by atomic mass is 10.1. The standard InChI is InChI=1S/C34H44N4O9/c1-6-45-31(41)34-19-22(34)9-7-15-44-16-8-10-26(36-32(42)47-33(2,3)4)30(40)38-20-24(18-27(38)28(39)37-34)46-29-25-12-11-23(43-5)17-21(25)13-14-35-29/h7,9,11-14,17,22,24,26-27H,6,8,10,15-16,18-20H2,1-5H3,(H,36,42)(H,37,39)/b9-7-/t22-,24-,26+,27+,34-/m1/s1. The van der Waals surface area contributed by atoms with Crippen molar-refractivity contribution in [2.75, 3.05) is 33.5 Å². The van der Waals surface area contributed by atoms with Gasteiger partial charge in [0.1, 0.15) is 35.1 Å². The number of ether oxygens (including phenoxy) is 5. The van der Waals surface area contributed by atoms with Gasteiger partial charge in [0.2, 0.25) is 17.7 Å². The normalized spacial score (nSPS) is 27.3. The molecular formula is C34H44N4O9. The van der Waals surface area contributed by atoms with Crippen molar-refractivity contribution in [3.05, 3.63) is 42.6 Å². The van der Waals surface area contributed by atoms with Crippen LogP contribution in [0.4, 0.5) is 4.79 Å². The summed E-state index contributed by atoms with van der Waals surface area (Å²) in [6, 6.07) is 5.35. The quantitative estimate of drug-likeness (QED) is 0.351. The van der Waals surface area contributed by atoms with Gasteiger partial charge in [-0.2, -0.15) is 0 Å². The average Bonchev–Trinajstić information content (AvgIpc) is 3.55. The molecule has 2 aromatic rings. The van der Waals surface area contributed by atoms with Crippen LogP contribution in [0.15, 0.2) is 42.6 Å². The maximum atomic E-state index is 14.2. The van der Waals surface area contributed by atoms with Gasteiger partial charge in [0.05, 0.1) is 26.9 Å². The summed E-state index contributed by atoms with van der Waals surface area (Å²) >= 11 is 0. The zero-order valence-electron chi connectivity index (χ0n) is 27.6. The molecule has 2 fully saturated rings. The molecule has 13 nitrogen and oxygen atoms in total. The van der Waals surface area contributed by atoms with Crippen LogP contribution in [0, 0.1) is 5.92 Å². The molecule has 2 aliphatic heterocycles. The van der Waals surface area contributed by atoms with Crippen molar-refractivity contribution in [3.8, 4) is 11.6 Å². The van der Waals surface area contributed by atoms with E-state index in [0.29, 0.717) is 37.7 Å². The van der Waals surface area contributed by atoms with E-state index in [0.717, 1.165) is 10.8 Å². The zero-order valence-corrected chi connectivity index (χ0v) is 27.6. The molecule has 3 amide bonds. The first-order chi connectivity index (χ1) is 22.4. The van der Waals surface area contributed by atoms with Gasteiger partial charge in [-0.05, 0) is 76.6 Å². The average molecular weight is 653 g/mol. The van der Waals surface area contributed by atoms with Crippen LogP contribution in [0.1, 0.15) is 53.4 Å². The lowest BCUT2D eigenvalue weighted by molar-refractivity contribution is -0.150. The van der Waals surface area contributed by atoms with E-state index in [-0.39, 0.29) is 31.9 Å². The second kappa shape index (κ2) is 14.2. The van der Waals surface area contributed by atoms with E-state index in [1.807, 2.05) is 30.4 Å². The molecule has 1 aromatic heterocycles. The van der Waals surface area contributed by atoms with Crippen LogP contribution in [-0.4, -0.2) is 96.6 Å². The summed E-state index contributed by atoms with van der Waals surface area (Å²) in [5.74, 6) is -0.760. The molecule has 0 radical (unpaired) electrons. The molecule has 5 rings (SSSR count). The molecule has 5 atom stereocenters. The minimum Gasteiger partial charge on any atom is -0.497 e. The molecule has 0 spiro atoms. The van der Waals surface area contributed by atoms with Crippen molar-refractivity contribution in [2.45, 2.75) is 82.7 Å². The molecule has 1 saturated heterocycles. The van der Waals surface area contributed by atoms with Gasteiger partial charge in [-0.25, -0.2) is 14.6 Å². The summed E-state index contributed by atoms with van der Waals surface area (Å²) in [5, 5.41) is 7.24. The van der Waals surface area contributed by atoms with E-state index in [1.165, 1.54) is 4.90 Å². The van der Waals surface area contributed by atoms with Crippen LogP contribution in [0.3, 0.4) is 0 Å².